The lowest BCUT2D eigenvalue weighted by Crippen LogP contribution is -2.22. The lowest BCUT2D eigenvalue weighted by molar-refractivity contribution is -0.148. The highest BCUT2D eigenvalue weighted by atomic mass is 33.1. The van der Waals surface area contributed by atoms with Crippen LogP contribution in [0.2, 0.25) is 0 Å². The molecule has 0 saturated heterocycles. The summed E-state index contributed by atoms with van der Waals surface area (Å²) in [6.07, 6.45) is 27.5. The molecule has 0 heterocycles. The molecule has 0 amide bonds. The smallest absolute Gasteiger partial charge is 0.306 e. The fourth-order valence-corrected chi connectivity index (χ4v) is 5.14. The van der Waals surface area contributed by atoms with E-state index in [1.54, 1.807) is 0 Å². The van der Waals surface area contributed by atoms with E-state index in [2.05, 4.69) is 76.3 Å². The van der Waals surface area contributed by atoms with Crippen molar-refractivity contribution in [1.82, 2.24) is 0 Å². The van der Waals surface area contributed by atoms with Gasteiger partial charge < -0.3 is 4.74 Å². The maximum atomic E-state index is 12.2. The van der Waals surface area contributed by atoms with Crippen molar-refractivity contribution in [2.75, 3.05) is 11.5 Å². The van der Waals surface area contributed by atoms with Gasteiger partial charge in [-0.05, 0) is 63.7 Å². The number of hydrogen-bond donors (Lipinski definition) is 0. The molecule has 0 rings (SSSR count). The van der Waals surface area contributed by atoms with Crippen molar-refractivity contribution < 1.29 is 9.53 Å². The number of carbonyl (C=O) groups is 1. The van der Waals surface area contributed by atoms with Crippen molar-refractivity contribution in [3.8, 4) is 0 Å². The molecule has 0 aromatic rings. The largest absolute Gasteiger partial charge is 0.461 e. The molecular weight excluding hydrogens is 420 g/mol. The number of unbranched alkanes of at least 4 members (excludes halogenated alkanes) is 2. The average Bonchev–Trinajstić information content (AvgIpc) is 2.73. The molecule has 1 unspecified atom stereocenters. The molecule has 0 aromatic heterocycles. The van der Waals surface area contributed by atoms with Crippen molar-refractivity contribution in [3.63, 3.8) is 0 Å². The predicted octanol–water partition coefficient (Wildman–Crippen LogP) is 9.10. The number of esters is 1. The van der Waals surface area contributed by atoms with Gasteiger partial charge in [-0.25, -0.2) is 0 Å². The van der Waals surface area contributed by atoms with Gasteiger partial charge in [0.1, 0.15) is 6.10 Å². The Hall–Kier alpha value is -0.870. The van der Waals surface area contributed by atoms with Gasteiger partial charge in [-0.1, -0.05) is 97.9 Å². The molecule has 0 radical (unpaired) electrons. The molecule has 0 aliphatic carbocycles. The quantitative estimate of drug-likeness (QED) is 0.0773. The van der Waals surface area contributed by atoms with E-state index in [0.717, 1.165) is 62.9 Å². The van der Waals surface area contributed by atoms with E-state index in [-0.39, 0.29) is 12.1 Å². The van der Waals surface area contributed by atoms with Gasteiger partial charge >= 0.3 is 5.97 Å². The number of allylic oxidation sites excluding steroid dienone is 8. The summed E-state index contributed by atoms with van der Waals surface area (Å²) in [7, 11) is 3.75. The number of carbonyl (C=O) groups excluding carboxylic acids is 1. The molecule has 2 nitrogen and oxygen atoms in total. The van der Waals surface area contributed by atoms with Gasteiger partial charge in [0.05, 0.1) is 0 Å². The van der Waals surface area contributed by atoms with Crippen LogP contribution in [-0.4, -0.2) is 23.6 Å². The van der Waals surface area contributed by atoms with Crippen molar-refractivity contribution in [2.45, 2.75) is 98.0 Å². The topological polar surface area (TPSA) is 26.3 Å². The first-order valence-electron chi connectivity index (χ1n) is 12.1. The van der Waals surface area contributed by atoms with Gasteiger partial charge in [0.2, 0.25) is 0 Å². The third kappa shape index (κ3) is 23.6. The van der Waals surface area contributed by atoms with Crippen LogP contribution in [0.4, 0.5) is 0 Å². The Morgan fingerprint density at radius 3 is 1.97 bits per heavy atom. The highest BCUT2D eigenvalue weighted by Crippen LogP contribution is 2.26. The van der Waals surface area contributed by atoms with Gasteiger partial charge in [-0.15, -0.1) is 0 Å². The summed E-state index contributed by atoms with van der Waals surface area (Å²) < 4.78 is 5.79. The van der Waals surface area contributed by atoms with Crippen LogP contribution in [0, 0.1) is 5.92 Å². The van der Waals surface area contributed by atoms with Crippen LogP contribution in [0.1, 0.15) is 91.9 Å². The highest BCUT2D eigenvalue weighted by molar-refractivity contribution is 8.76. The molecule has 0 fully saturated rings. The third-order valence-corrected chi connectivity index (χ3v) is 6.94. The summed E-state index contributed by atoms with van der Waals surface area (Å²) >= 11 is 0. The molecule has 0 aliphatic heterocycles. The zero-order valence-corrected chi connectivity index (χ0v) is 22.0. The molecule has 0 aromatic carbocycles. The molecule has 0 saturated carbocycles. The number of ether oxygens (including phenoxy) is 1. The van der Waals surface area contributed by atoms with Gasteiger partial charge in [-0.2, -0.15) is 0 Å². The lowest BCUT2D eigenvalue weighted by atomic mass is 10.1. The average molecular weight is 467 g/mol. The molecular formula is C27H46O2S2. The fraction of sp³-hybridized carbons (Fsp3) is 0.667. The van der Waals surface area contributed by atoms with Crippen LogP contribution in [0.15, 0.2) is 48.6 Å². The second-order valence-corrected chi connectivity index (χ2v) is 10.7. The molecule has 31 heavy (non-hydrogen) atoms. The Morgan fingerprint density at radius 2 is 1.39 bits per heavy atom. The Balaban J connectivity index is 3.93. The van der Waals surface area contributed by atoms with Crippen molar-refractivity contribution in [2.24, 2.45) is 5.92 Å². The minimum Gasteiger partial charge on any atom is -0.461 e. The second kappa shape index (κ2) is 23.8. The first-order chi connectivity index (χ1) is 15.1. The van der Waals surface area contributed by atoms with Crippen molar-refractivity contribution in [1.29, 1.82) is 0 Å². The van der Waals surface area contributed by atoms with Crippen LogP contribution < -0.4 is 0 Å². The normalized spacial score (nSPS) is 13.5. The zero-order valence-electron chi connectivity index (χ0n) is 20.4. The second-order valence-electron chi connectivity index (χ2n) is 8.06. The van der Waals surface area contributed by atoms with E-state index in [9.17, 15) is 4.79 Å². The Bertz CT molecular complexity index is 521. The number of rotatable bonds is 20. The van der Waals surface area contributed by atoms with E-state index in [1.807, 2.05) is 21.6 Å². The summed E-state index contributed by atoms with van der Waals surface area (Å²) in [5.74, 6) is 2.52. The van der Waals surface area contributed by atoms with Crippen LogP contribution in [0.5, 0.6) is 0 Å². The Morgan fingerprint density at radius 1 is 0.806 bits per heavy atom. The zero-order chi connectivity index (χ0) is 23.0. The highest BCUT2D eigenvalue weighted by Gasteiger charge is 2.16. The van der Waals surface area contributed by atoms with E-state index >= 15 is 0 Å². The minimum absolute atomic E-state index is 0.0324. The predicted molar refractivity (Wildman–Crippen MR) is 144 cm³/mol. The summed E-state index contributed by atoms with van der Waals surface area (Å²) in [6, 6.07) is 0. The monoisotopic (exact) mass is 466 g/mol. The van der Waals surface area contributed by atoms with Gasteiger partial charge in [0.15, 0.2) is 0 Å². The summed E-state index contributed by atoms with van der Waals surface area (Å²) in [6.45, 7) is 8.69. The molecule has 4 heteroatoms. The summed E-state index contributed by atoms with van der Waals surface area (Å²) in [5, 5.41) is 0. The Labute approximate surface area is 200 Å². The van der Waals surface area contributed by atoms with E-state index in [0.29, 0.717) is 12.3 Å². The SMILES string of the molecule is CC/C=C/C/C=C/CCCSSCC(CC(C)C)OC(=O)CCC/C=C/C/C=C/CC. The van der Waals surface area contributed by atoms with Crippen molar-refractivity contribution in [3.05, 3.63) is 48.6 Å². The van der Waals surface area contributed by atoms with E-state index in [4.69, 9.17) is 4.74 Å². The van der Waals surface area contributed by atoms with Crippen LogP contribution in [0.3, 0.4) is 0 Å². The van der Waals surface area contributed by atoms with Gasteiger partial charge in [-0.3, -0.25) is 4.79 Å². The molecule has 178 valence electrons. The molecule has 0 N–H and O–H groups in total. The van der Waals surface area contributed by atoms with Crippen LogP contribution >= 0.6 is 21.6 Å². The van der Waals surface area contributed by atoms with Crippen LogP contribution in [0.25, 0.3) is 0 Å². The third-order valence-electron chi connectivity index (χ3n) is 4.40. The van der Waals surface area contributed by atoms with Crippen LogP contribution in [-0.2, 0) is 9.53 Å². The summed E-state index contributed by atoms with van der Waals surface area (Å²) in [5.41, 5.74) is 0. The van der Waals surface area contributed by atoms with Gasteiger partial charge in [0.25, 0.3) is 0 Å². The molecule has 0 aliphatic rings. The van der Waals surface area contributed by atoms with E-state index in [1.165, 1.54) is 6.42 Å². The maximum Gasteiger partial charge on any atom is 0.306 e. The minimum atomic E-state index is -0.0437. The first-order valence-corrected chi connectivity index (χ1v) is 14.6. The maximum absolute atomic E-state index is 12.2. The number of hydrogen-bond acceptors (Lipinski definition) is 4. The fourth-order valence-electron chi connectivity index (χ4n) is 2.84. The van der Waals surface area contributed by atoms with Gasteiger partial charge in [0, 0.05) is 17.9 Å². The standard InChI is InChI=1S/C27H46O2S2/c1-5-7-9-11-13-15-17-19-21-27(28)29-26(23-25(3)4)24-31-30-22-20-18-16-14-12-10-8-6-2/h7-10,13-16,25-26H,5-6,11-12,17-24H2,1-4H3/b9-7+,10-8+,15-13+,16-14+. The molecule has 0 spiro atoms. The molecule has 0 bridgehead atoms. The van der Waals surface area contributed by atoms with E-state index < -0.39 is 0 Å². The Kier molecular flexibility index (Phi) is 23.1. The summed E-state index contributed by atoms with van der Waals surface area (Å²) in [4.78, 5) is 12.2. The van der Waals surface area contributed by atoms with Crippen molar-refractivity contribution >= 4 is 27.6 Å². The first kappa shape index (κ1) is 30.1. The molecule has 1 atom stereocenters. The lowest BCUT2D eigenvalue weighted by Gasteiger charge is -2.19.